The number of Topliss-reactive ketones (excluding diaryl/α,β-unsaturated/α-hetero) is 1. The fraction of sp³-hybridized carbons (Fsp3) is 0.296. The highest BCUT2D eigenvalue weighted by molar-refractivity contribution is 5.94. The Balaban J connectivity index is 1.71. The summed E-state index contributed by atoms with van der Waals surface area (Å²) >= 11 is 0. The van der Waals surface area contributed by atoms with Gasteiger partial charge in [0.2, 0.25) is 0 Å². The van der Waals surface area contributed by atoms with Crippen LogP contribution in [0, 0.1) is 0 Å². The van der Waals surface area contributed by atoms with E-state index in [1.54, 1.807) is 32.9 Å². The third kappa shape index (κ3) is 7.75. The van der Waals surface area contributed by atoms with E-state index in [1.165, 1.54) is 6.92 Å². The van der Waals surface area contributed by atoms with Gasteiger partial charge in [-0.05, 0) is 70.0 Å². The molecule has 0 saturated heterocycles. The summed E-state index contributed by atoms with van der Waals surface area (Å²) in [5.74, 6) is 0.695. The summed E-state index contributed by atoms with van der Waals surface area (Å²) < 4.78 is 16.7. The zero-order valence-electron chi connectivity index (χ0n) is 19.5. The fourth-order valence-corrected chi connectivity index (χ4v) is 3.02. The van der Waals surface area contributed by atoms with Crippen molar-refractivity contribution in [2.45, 2.75) is 52.7 Å². The Labute approximate surface area is 194 Å². The molecule has 0 aliphatic heterocycles. The SMILES string of the molecule is CC(=O)CC/C(=C\c1cc(-c2ccc(OCc3ccccc3)cc2)no1)C(=O)OC(C)(C)C. The maximum Gasteiger partial charge on any atom is 0.334 e. The Kier molecular flexibility index (Phi) is 7.83. The number of esters is 1. The van der Waals surface area contributed by atoms with Gasteiger partial charge in [0.05, 0.1) is 0 Å². The van der Waals surface area contributed by atoms with E-state index < -0.39 is 11.6 Å². The molecule has 0 radical (unpaired) electrons. The van der Waals surface area contributed by atoms with E-state index in [2.05, 4.69) is 5.16 Å². The van der Waals surface area contributed by atoms with Gasteiger partial charge in [-0.3, -0.25) is 0 Å². The van der Waals surface area contributed by atoms with Gasteiger partial charge in [0, 0.05) is 23.6 Å². The smallest absolute Gasteiger partial charge is 0.334 e. The van der Waals surface area contributed by atoms with E-state index in [4.69, 9.17) is 14.0 Å². The van der Waals surface area contributed by atoms with Gasteiger partial charge in [0.15, 0.2) is 5.76 Å². The van der Waals surface area contributed by atoms with E-state index in [1.807, 2.05) is 54.6 Å². The summed E-state index contributed by atoms with van der Waals surface area (Å²) in [6.45, 7) is 7.38. The molecule has 0 spiro atoms. The molecule has 3 aromatic rings. The zero-order chi connectivity index (χ0) is 23.8. The summed E-state index contributed by atoms with van der Waals surface area (Å²) in [5.41, 5.74) is 2.31. The number of ketones is 1. The Hall–Kier alpha value is -3.67. The first-order valence-electron chi connectivity index (χ1n) is 10.9. The number of carbonyl (C=O) groups is 2. The number of hydrogen-bond donors (Lipinski definition) is 0. The highest BCUT2D eigenvalue weighted by Gasteiger charge is 2.21. The van der Waals surface area contributed by atoms with Crippen molar-refractivity contribution >= 4 is 17.8 Å². The van der Waals surface area contributed by atoms with Crippen molar-refractivity contribution in [2.75, 3.05) is 0 Å². The number of benzene rings is 2. The molecule has 6 nitrogen and oxygen atoms in total. The molecule has 0 aliphatic carbocycles. The van der Waals surface area contributed by atoms with Crippen LogP contribution in [0.5, 0.6) is 5.75 Å². The first kappa shape index (κ1) is 24.0. The third-order valence-corrected chi connectivity index (χ3v) is 4.65. The first-order valence-corrected chi connectivity index (χ1v) is 10.9. The van der Waals surface area contributed by atoms with Crippen LogP contribution in [-0.2, 0) is 20.9 Å². The molecule has 1 aromatic heterocycles. The van der Waals surface area contributed by atoms with Crippen molar-refractivity contribution < 1.29 is 23.6 Å². The molecule has 172 valence electrons. The van der Waals surface area contributed by atoms with Gasteiger partial charge in [-0.15, -0.1) is 0 Å². The predicted molar refractivity (Wildman–Crippen MR) is 126 cm³/mol. The third-order valence-electron chi connectivity index (χ3n) is 4.65. The van der Waals surface area contributed by atoms with Gasteiger partial charge in [0.1, 0.15) is 29.4 Å². The molecule has 3 rings (SSSR count). The summed E-state index contributed by atoms with van der Waals surface area (Å²) in [6, 6.07) is 19.3. The number of hydrogen-bond acceptors (Lipinski definition) is 6. The van der Waals surface area contributed by atoms with Crippen LogP contribution < -0.4 is 4.74 Å². The average Bonchev–Trinajstić information content (AvgIpc) is 3.23. The highest BCUT2D eigenvalue weighted by atomic mass is 16.6. The Morgan fingerprint density at radius 1 is 1.00 bits per heavy atom. The number of carbonyl (C=O) groups excluding carboxylic acids is 2. The van der Waals surface area contributed by atoms with E-state index in [-0.39, 0.29) is 18.6 Å². The monoisotopic (exact) mass is 447 g/mol. The lowest BCUT2D eigenvalue weighted by Gasteiger charge is -2.20. The van der Waals surface area contributed by atoms with Gasteiger partial charge in [0.25, 0.3) is 0 Å². The van der Waals surface area contributed by atoms with E-state index in [9.17, 15) is 9.59 Å². The standard InChI is InChI=1S/C27H29NO5/c1-19(29)10-11-22(26(30)32-27(2,3)4)16-24-17-25(28-33-24)21-12-14-23(15-13-21)31-18-20-8-6-5-7-9-20/h5-9,12-17H,10-11,18H2,1-4H3/b22-16+. The lowest BCUT2D eigenvalue weighted by Crippen LogP contribution is -2.25. The second-order valence-corrected chi connectivity index (χ2v) is 8.79. The van der Waals surface area contributed by atoms with Crippen LogP contribution in [0.15, 0.2) is 70.8 Å². The number of nitrogens with zero attached hydrogens (tertiary/aromatic N) is 1. The molecular weight excluding hydrogens is 418 g/mol. The molecule has 0 unspecified atom stereocenters. The van der Waals surface area contributed by atoms with E-state index >= 15 is 0 Å². The van der Waals surface area contributed by atoms with E-state index in [0.29, 0.717) is 23.6 Å². The highest BCUT2D eigenvalue weighted by Crippen LogP contribution is 2.25. The van der Waals surface area contributed by atoms with Crippen molar-refractivity contribution in [1.82, 2.24) is 5.16 Å². The van der Waals surface area contributed by atoms with Gasteiger partial charge in [-0.2, -0.15) is 0 Å². The summed E-state index contributed by atoms with van der Waals surface area (Å²) in [5, 5.41) is 4.11. The normalized spacial score (nSPS) is 11.8. The van der Waals surface area contributed by atoms with Gasteiger partial charge >= 0.3 is 5.97 Å². The van der Waals surface area contributed by atoms with Gasteiger partial charge in [-0.1, -0.05) is 35.5 Å². The topological polar surface area (TPSA) is 78.6 Å². The molecule has 0 atom stereocenters. The lowest BCUT2D eigenvalue weighted by molar-refractivity contribution is -0.149. The first-order chi connectivity index (χ1) is 15.7. The molecule has 6 heteroatoms. The molecular formula is C27H29NO5. The molecule has 0 bridgehead atoms. The van der Waals surface area contributed by atoms with Crippen molar-refractivity contribution in [3.63, 3.8) is 0 Å². The second-order valence-electron chi connectivity index (χ2n) is 8.79. The quantitative estimate of drug-likeness (QED) is 0.295. The van der Waals surface area contributed by atoms with Crippen molar-refractivity contribution in [3.05, 3.63) is 77.6 Å². The summed E-state index contributed by atoms with van der Waals surface area (Å²) in [6.07, 6.45) is 2.11. The van der Waals surface area contributed by atoms with Crippen LogP contribution in [0.3, 0.4) is 0 Å². The number of aromatic nitrogens is 1. The molecule has 1 heterocycles. The van der Waals surface area contributed by atoms with Crippen LogP contribution in [0.25, 0.3) is 17.3 Å². The largest absolute Gasteiger partial charge is 0.489 e. The molecule has 33 heavy (non-hydrogen) atoms. The average molecular weight is 448 g/mol. The van der Waals surface area contributed by atoms with Crippen LogP contribution in [0.1, 0.15) is 51.9 Å². The molecule has 0 amide bonds. The van der Waals surface area contributed by atoms with Crippen molar-refractivity contribution in [3.8, 4) is 17.0 Å². The molecule has 0 N–H and O–H groups in total. The minimum atomic E-state index is -0.636. The van der Waals surface area contributed by atoms with Crippen LogP contribution in [-0.4, -0.2) is 22.5 Å². The van der Waals surface area contributed by atoms with Gasteiger partial charge < -0.3 is 18.8 Å². The van der Waals surface area contributed by atoms with Crippen LogP contribution in [0.4, 0.5) is 0 Å². The lowest BCUT2D eigenvalue weighted by atomic mass is 10.1. The maximum absolute atomic E-state index is 12.6. The second kappa shape index (κ2) is 10.8. The minimum Gasteiger partial charge on any atom is -0.489 e. The molecule has 0 saturated carbocycles. The van der Waals surface area contributed by atoms with Crippen LogP contribution in [0.2, 0.25) is 0 Å². The van der Waals surface area contributed by atoms with Gasteiger partial charge in [-0.25, -0.2) is 4.79 Å². The van der Waals surface area contributed by atoms with Crippen molar-refractivity contribution in [1.29, 1.82) is 0 Å². The predicted octanol–water partition coefficient (Wildman–Crippen LogP) is 6.01. The van der Waals surface area contributed by atoms with E-state index in [0.717, 1.165) is 16.9 Å². The molecule has 0 fully saturated rings. The number of rotatable bonds is 9. The summed E-state index contributed by atoms with van der Waals surface area (Å²) in [4.78, 5) is 24.0. The molecule has 0 aliphatic rings. The number of ether oxygens (including phenoxy) is 2. The van der Waals surface area contributed by atoms with Crippen LogP contribution >= 0.6 is 0 Å². The summed E-state index contributed by atoms with van der Waals surface area (Å²) in [7, 11) is 0. The zero-order valence-corrected chi connectivity index (χ0v) is 19.5. The fourth-order valence-electron chi connectivity index (χ4n) is 3.02. The maximum atomic E-state index is 12.6. The minimum absolute atomic E-state index is 0.00251. The Morgan fingerprint density at radius 3 is 2.33 bits per heavy atom. The Bertz CT molecular complexity index is 1110. The van der Waals surface area contributed by atoms with Crippen molar-refractivity contribution in [2.24, 2.45) is 0 Å². The molecule has 2 aromatic carbocycles. The Morgan fingerprint density at radius 2 is 1.70 bits per heavy atom.